The van der Waals surface area contributed by atoms with Crippen molar-refractivity contribution in [2.24, 2.45) is 4.99 Å². The maximum absolute atomic E-state index is 4.67. The highest BCUT2D eigenvalue weighted by atomic mass is 127. The van der Waals surface area contributed by atoms with Crippen molar-refractivity contribution in [3.05, 3.63) is 23.8 Å². The van der Waals surface area contributed by atoms with Crippen molar-refractivity contribution in [1.82, 2.24) is 25.4 Å². The van der Waals surface area contributed by atoms with Gasteiger partial charge in [0.1, 0.15) is 12.2 Å². The van der Waals surface area contributed by atoms with Crippen LogP contribution in [0.2, 0.25) is 0 Å². The summed E-state index contributed by atoms with van der Waals surface area (Å²) in [5.41, 5.74) is 1.60. The number of thioether (sulfide) groups is 1. The predicted molar refractivity (Wildman–Crippen MR) is 123 cm³/mol. The van der Waals surface area contributed by atoms with Crippen LogP contribution in [0.5, 0.6) is 0 Å². The van der Waals surface area contributed by atoms with E-state index in [1.54, 1.807) is 11.9 Å². The first-order valence-corrected chi connectivity index (χ1v) is 10.8. The molecule has 0 bridgehead atoms. The summed E-state index contributed by atoms with van der Waals surface area (Å²) in [4.78, 5) is 4.67. The predicted octanol–water partition coefficient (Wildman–Crippen LogP) is 3.25. The molecule has 148 valence electrons. The third-order valence-corrected chi connectivity index (χ3v) is 4.94. The summed E-state index contributed by atoms with van der Waals surface area (Å²) >= 11 is 1.82. The Hall–Kier alpha value is -0.770. The molecule has 0 atom stereocenters. The van der Waals surface area contributed by atoms with Crippen LogP contribution in [-0.2, 0) is 13.0 Å². The van der Waals surface area contributed by atoms with Crippen LogP contribution in [0.4, 0.5) is 0 Å². The zero-order chi connectivity index (χ0) is 17.7. The van der Waals surface area contributed by atoms with Gasteiger partial charge in [0.25, 0.3) is 0 Å². The van der Waals surface area contributed by atoms with Gasteiger partial charge in [-0.05, 0) is 38.4 Å². The molecule has 0 unspecified atom stereocenters. The molecule has 1 aliphatic rings. The van der Waals surface area contributed by atoms with E-state index in [4.69, 9.17) is 0 Å². The molecule has 2 N–H and O–H groups in total. The van der Waals surface area contributed by atoms with Gasteiger partial charge in [0.05, 0.1) is 6.54 Å². The van der Waals surface area contributed by atoms with Gasteiger partial charge >= 0.3 is 0 Å². The molecule has 26 heavy (non-hydrogen) atoms. The Morgan fingerprint density at radius 3 is 2.88 bits per heavy atom. The molecule has 1 aromatic rings. The number of halogens is 1. The van der Waals surface area contributed by atoms with Crippen LogP contribution in [0.25, 0.3) is 0 Å². The zero-order valence-electron chi connectivity index (χ0n) is 16.0. The Morgan fingerprint density at radius 1 is 1.31 bits per heavy atom. The molecule has 0 fully saturated rings. The van der Waals surface area contributed by atoms with E-state index in [2.05, 4.69) is 49.6 Å². The average molecular weight is 492 g/mol. The Kier molecular flexibility index (Phi) is 12.8. The van der Waals surface area contributed by atoms with Gasteiger partial charge in [-0.3, -0.25) is 4.99 Å². The molecular formula is C18H33IN6S. The van der Waals surface area contributed by atoms with Crippen LogP contribution in [0, 0.1) is 0 Å². The standard InChI is InChI=1S/C18H32N6S.HI/c1-3-17-23-22-15-24(17)13-11-20-18(21-12-14-25-2)19-10-9-16-7-5-4-6-8-16;/h7,15H,3-6,8-14H2,1-2H3,(H2,19,20,21);1H. The Morgan fingerprint density at radius 2 is 2.15 bits per heavy atom. The molecule has 0 aromatic carbocycles. The van der Waals surface area contributed by atoms with Crippen molar-refractivity contribution in [2.45, 2.75) is 52.0 Å². The Labute approximate surface area is 179 Å². The first kappa shape index (κ1) is 23.3. The number of guanidine groups is 1. The molecule has 0 aliphatic heterocycles. The minimum absolute atomic E-state index is 0. The topological polar surface area (TPSA) is 67.1 Å². The van der Waals surface area contributed by atoms with E-state index in [-0.39, 0.29) is 24.0 Å². The summed E-state index contributed by atoms with van der Waals surface area (Å²) in [6.45, 7) is 5.56. The first-order chi connectivity index (χ1) is 12.3. The summed E-state index contributed by atoms with van der Waals surface area (Å²) in [7, 11) is 0. The summed E-state index contributed by atoms with van der Waals surface area (Å²) in [6, 6.07) is 0. The summed E-state index contributed by atoms with van der Waals surface area (Å²) in [5, 5.41) is 15.0. The van der Waals surface area contributed by atoms with Crippen molar-refractivity contribution in [2.75, 3.05) is 31.6 Å². The highest BCUT2D eigenvalue weighted by Crippen LogP contribution is 2.19. The van der Waals surface area contributed by atoms with Gasteiger partial charge in [-0.15, -0.1) is 34.2 Å². The minimum atomic E-state index is 0. The molecule has 0 spiro atoms. The second-order valence-corrected chi connectivity index (χ2v) is 7.21. The molecule has 0 saturated heterocycles. The number of nitrogens with zero attached hydrogens (tertiary/aromatic N) is 4. The lowest BCUT2D eigenvalue weighted by Crippen LogP contribution is -2.39. The molecule has 0 amide bonds. The largest absolute Gasteiger partial charge is 0.356 e. The Bertz CT molecular complexity index is 558. The maximum Gasteiger partial charge on any atom is 0.191 e. The summed E-state index contributed by atoms with van der Waals surface area (Å²) in [5.74, 6) is 2.99. The van der Waals surface area contributed by atoms with Gasteiger partial charge in [-0.2, -0.15) is 11.8 Å². The number of rotatable bonds is 10. The normalized spacial score (nSPS) is 14.5. The van der Waals surface area contributed by atoms with Crippen molar-refractivity contribution < 1.29 is 0 Å². The lowest BCUT2D eigenvalue weighted by molar-refractivity contribution is 0.628. The Balaban J connectivity index is 0.00000338. The van der Waals surface area contributed by atoms with Crippen LogP contribution in [0.3, 0.4) is 0 Å². The first-order valence-electron chi connectivity index (χ1n) is 9.39. The number of hydrogen-bond donors (Lipinski definition) is 2. The highest BCUT2D eigenvalue weighted by molar-refractivity contribution is 14.0. The SMILES string of the molecule is CCc1nncn1CCNC(=NCCSC)NCCC1=CCCCC1.I. The van der Waals surface area contributed by atoms with Gasteiger partial charge < -0.3 is 15.2 Å². The lowest BCUT2D eigenvalue weighted by atomic mass is 9.97. The zero-order valence-corrected chi connectivity index (χ0v) is 19.2. The maximum atomic E-state index is 4.67. The third-order valence-electron chi connectivity index (χ3n) is 4.35. The van der Waals surface area contributed by atoms with E-state index >= 15 is 0 Å². The lowest BCUT2D eigenvalue weighted by Gasteiger charge is -2.16. The monoisotopic (exact) mass is 492 g/mol. The molecule has 6 nitrogen and oxygen atoms in total. The molecule has 1 heterocycles. The van der Waals surface area contributed by atoms with Gasteiger partial charge in [0, 0.05) is 31.8 Å². The van der Waals surface area contributed by atoms with Crippen LogP contribution < -0.4 is 10.6 Å². The van der Waals surface area contributed by atoms with Gasteiger partial charge in [-0.1, -0.05) is 18.6 Å². The number of aliphatic imine (C=N–C) groups is 1. The molecule has 0 saturated carbocycles. The van der Waals surface area contributed by atoms with E-state index in [0.29, 0.717) is 0 Å². The smallest absolute Gasteiger partial charge is 0.191 e. The highest BCUT2D eigenvalue weighted by Gasteiger charge is 2.05. The molecule has 2 rings (SSSR count). The van der Waals surface area contributed by atoms with Crippen molar-refractivity contribution >= 4 is 41.7 Å². The summed E-state index contributed by atoms with van der Waals surface area (Å²) < 4.78 is 2.10. The molecule has 0 radical (unpaired) electrons. The molecule has 8 heteroatoms. The summed E-state index contributed by atoms with van der Waals surface area (Å²) in [6.07, 6.45) is 13.6. The second-order valence-electron chi connectivity index (χ2n) is 6.23. The fourth-order valence-electron chi connectivity index (χ4n) is 2.93. The van der Waals surface area contributed by atoms with Crippen LogP contribution >= 0.6 is 35.7 Å². The van der Waals surface area contributed by atoms with E-state index in [1.165, 1.54) is 25.7 Å². The number of allylic oxidation sites excluding steroid dienone is 1. The number of nitrogens with one attached hydrogen (secondary N) is 2. The number of aryl methyl sites for hydroxylation is 1. The van der Waals surface area contributed by atoms with Gasteiger partial charge in [-0.25, -0.2) is 0 Å². The van der Waals surface area contributed by atoms with Crippen molar-refractivity contribution in [1.29, 1.82) is 0 Å². The van der Waals surface area contributed by atoms with Crippen molar-refractivity contribution in [3.63, 3.8) is 0 Å². The van der Waals surface area contributed by atoms with E-state index in [9.17, 15) is 0 Å². The fraction of sp³-hybridized carbons (Fsp3) is 0.722. The number of aromatic nitrogens is 3. The fourth-order valence-corrected chi connectivity index (χ4v) is 3.20. The van der Waals surface area contributed by atoms with Crippen LogP contribution in [0.15, 0.2) is 23.0 Å². The third kappa shape index (κ3) is 8.75. The molecule has 1 aliphatic carbocycles. The van der Waals surface area contributed by atoms with Crippen molar-refractivity contribution in [3.8, 4) is 0 Å². The number of hydrogen-bond acceptors (Lipinski definition) is 4. The van der Waals surface area contributed by atoms with Crippen LogP contribution in [-0.4, -0.2) is 52.4 Å². The van der Waals surface area contributed by atoms with E-state index in [1.807, 2.05) is 11.8 Å². The van der Waals surface area contributed by atoms with E-state index in [0.717, 1.165) is 56.6 Å². The van der Waals surface area contributed by atoms with Gasteiger partial charge in [0.2, 0.25) is 0 Å². The molecule has 1 aromatic heterocycles. The van der Waals surface area contributed by atoms with E-state index < -0.39 is 0 Å². The van der Waals surface area contributed by atoms with Crippen LogP contribution in [0.1, 0.15) is 44.9 Å². The molecular weight excluding hydrogens is 459 g/mol. The van der Waals surface area contributed by atoms with Gasteiger partial charge in [0.15, 0.2) is 5.96 Å². The second kappa shape index (κ2) is 14.3. The average Bonchev–Trinajstić information content (AvgIpc) is 3.10. The minimum Gasteiger partial charge on any atom is -0.356 e. The quantitative estimate of drug-likeness (QED) is 0.173.